The van der Waals surface area contributed by atoms with Gasteiger partial charge in [0, 0.05) is 10.2 Å². The second kappa shape index (κ2) is 12.4. The Morgan fingerprint density at radius 3 is 2.40 bits per heavy atom. The predicted octanol–water partition coefficient (Wildman–Crippen LogP) is 5.76. The molecule has 7 nitrogen and oxygen atoms in total. The van der Waals surface area contributed by atoms with Gasteiger partial charge in [-0.1, -0.05) is 46.3 Å². The van der Waals surface area contributed by atoms with Gasteiger partial charge in [-0.05, 0) is 60.5 Å². The average molecular weight is 535 g/mol. The zero-order chi connectivity index (χ0) is 25.2. The lowest BCUT2D eigenvalue weighted by molar-refractivity contribution is -0.112. The number of nitriles is 1. The van der Waals surface area contributed by atoms with Gasteiger partial charge in [0.05, 0.1) is 19.3 Å². The second-order valence-electron chi connectivity index (χ2n) is 7.22. The predicted molar refractivity (Wildman–Crippen MR) is 136 cm³/mol. The number of anilines is 1. The minimum absolute atomic E-state index is 0.111. The van der Waals surface area contributed by atoms with Crippen LogP contribution in [0, 0.1) is 11.3 Å². The van der Waals surface area contributed by atoms with Crippen molar-refractivity contribution in [1.82, 2.24) is 0 Å². The highest BCUT2D eigenvalue weighted by Gasteiger charge is 2.14. The number of ether oxygens (including phenoxy) is 3. The molecule has 178 valence electrons. The van der Waals surface area contributed by atoms with E-state index in [1.807, 2.05) is 36.4 Å². The first kappa shape index (κ1) is 25.5. The zero-order valence-electron chi connectivity index (χ0n) is 19.2. The summed E-state index contributed by atoms with van der Waals surface area (Å²) >= 11 is 3.48. The van der Waals surface area contributed by atoms with Crippen molar-refractivity contribution in [2.75, 3.05) is 19.0 Å². The monoisotopic (exact) mass is 534 g/mol. The van der Waals surface area contributed by atoms with Gasteiger partial charge < -0.3 is 19.5 Å². The van der Waals surface area contributed by atoms with Crippen molar-refractivity contribution in [3.63, 3.8) is 0 Å². The standard InChI is InChI=1S/C27H23BrN2O5/c1-3-34-27(32)19-9-11-22(12-10-19)30-26(31)21(16-29)13-20-14-24(33-2)25(15-23(20)28)35-17-18-7-5-4-6-8-18/h4-15H,3,17H2,1-2H3,(H,30,31)/b21-13+. The lowest BCUT2D eigenvalue weighted by Gasteiger charge is -2.13. The van der Waals surface area contributed by atoms with Crippen LogP contribution in [-0.2, 0) is 16.1 Å². The molecule has 0 radical (unpaired) electrons. The fourth-order valence-electron chi connectivity index (χ4n) is 3.08. The molecule has 0 aliphatic carbocycles. The van der Waals surface area contributed by atoms with E-state index >= 15 is 0 Å². The summed E-state index contributed by atoms with van der Waals surface area (Å²) in [5.74, 6) is -0.0581. The van der Waals surface area contributed by atoms with Crippen LogP contribution < -0.4 is 14.8 Å². The quantitative estimate of drug-likeness (QED) is 0.213. The summed E-state index contributed by atoms with van der Waals surface area (Å²) in [6.45, 7) is 2.36. The first-order chi connectivity index (χ1) is 16.9. The number of hydrogen-bond donors (Lipinski definition) is 1. The molecule has 0 aromatic heterocycles. The molecule has 0 spiro atoms. The lowest BCUT2D eigenvalue weighted by Crippen LogP contribution is -2.13. The van der Waals surface area contributed by atoms with Crippen molar-refractivity contribution in [1.29, 1.82) is 5.26 Å². The van der Waals surface area contributed by atoms with Crippen LogP contribution in [-0.4, -0.2) is 25.6 Å². The third-order valence-corrected chi connectivity index (χ3v) is 5.53. The van der Waals surface area contributed by atoms with E-state index in [1.54, 1.807) is 43.3 Å². The van der Waals surface area contributed by atoms with Crippen molar-refractivity contribution < 1.29 is 23.8 Å². The molecule has 0 atom stereocenters. The highest BCUT2D eigenvalue weighted by Crippen LogP contribution is 2.35. The average Bonchev–Trinajstić information content (AvgIpc) is 2.88. The van der Waals surface area contributed by atoms with E-state index in [0.717, 1.165) is 5.56 Å². The molecule has 0 saturated carbocycles. The van der Waals surface area contributed by atoms with Crippen LogP contribution in [0.1, 0.15) is 28.4 Å². The van der Waals surface area contributed by atoms with Crippen molar-refractivity contribution >= 4 is 39.6 Å². The molecule has 3 aromatic carbocycles. The van der Waals surface area contributed by atoms with Crippen LogP contribution in [0.3, 0.4) is 0 Å². The number of hydrogen-bond acceptors (Lipinski definition) is 6. The molecule has 0 heterocycles. The number of rotatable bonds is 9. The van der Waals surface area contributed by atoms with Gasteiger partial charge >= 0.3 is 5.97 Å². The highest BCUT2D eigenvalue weighted by atomic mass is 79.9. The van der Waals surface area contributed by atoms with Gasteiger partial charge in [0.25, 0.3) is 5.91 Å². The third kappa shape index (κ3) is 6.95. The van der Waals surface area contributed by atoms with Crippen molar-refractivity contribution in [2.45, 2.75) is 13.5 Å². The molecule has 35 heavy (non-hydrogen) atoms. The van der Waals surface area contributed by atoms with E-state index in [4.69, 9.17) is 14.2 Å². The van der Waals surface area contributed by atoms with Crippen LogP contribution >= 0.6 is 15.9 Å². The Hall–Kier alpha value is -4.09. The van der Waals surface area contributed by atoms with Crippen LogP contribution in [0.25, 0.3) is 6.08 Å². The summed E-state index contributed by atoms with van der Waals surface area (Å²) in [6, 6.07) is 21.3. The number of amides is 1. The van der Waals surface area contributed by atoms with Gasteiger partial charge in [0.2, 0.25) is 0 Å². The van der Waals surface area contributed by atoms with E-state index in [0.29, 0.717) is 39.4 Å². The molecule has 1 amide bonds. The third-order valence-electron chi connectivity index (χ3n) is 4.84. The van der Waals surface area contributed by atoms with Crippen molar-refractivity contribution in [2.24, 2.45) is 0 Å². The Labute approximate surface area is 212 Å². The summed E-state index contributed by atoms with van der Waals surface area (Å²) in [5, 5.41) is 12.2. The van der Waals surface area contributed by atoms with Crippen molar-refractivity contribution in [3.05, 3.63) is 93.5 Å². The molecule has 0 unspecified atom stereocenters. The summed E-state index contributed by atoms with van der Waals surface area (Å²) in [4.78, 5) is 24.5. The maximum absolute atomic E-state index is 12.7. The second-order valence-corrected chi connectivity index (χ2v) is 8.07. The van der Waals surface area contributed by atoms with Crippen molar-refractivity contribution in [3.8, 4) is 17.6 Å². The van der Waals surface area contributed by atoms with Gasteiger partial charge in [-0.25, -0.2) is 4.79 Å². The number of benzene rings is 3. The topological polar surface area (TPSA) is 97.7 Å². The van der Waals surface area contributed by atoms with Crippen LogP contribution in [0.2, 0.25) is 0 Å². The largest absolute Gasteiger partial charge is 0.493 e. The molecule has 3 aromatic rings. The fourth-order valence-corrected chi connectivity index (χ4v) is 3.51. The first-order valence-electron chi connectivity index (χ1n) is 10.7. The smallest absolute Gasteiger partial charge is 0.338 e. The molecule has 0 aliphatic rings. The number of halogens is 1. The summed E-state index contributed by atoms with van der Waals surface area (Å²) in [6.07, 6.45) is 1.45. The van der Waals surface area contributed by atoms with E-state index in [-0.39, 0.29) is 12.2 Å². The molecular formula is C27H23BrN2O5. The molecule has 0 bridgehead atoms. The Morgan fingerprint density at radius 1 is 1.06 bits per heavy atom. The Bertz CT molecular complexity index is 1270. The Balaban J connectivity index is 1.76. The SMILES string of the molecule is CCOC(=O)c1ccc(NC(=O)/C(C#N)=C/c2cc(OC)c(OCc3ccccc3)cc2Br)cc1. The minimum atomic E-state index is -0.591. The van der Waals surface area contributed by atoms with Gasteiger partial charge in [0.15, 0.2) is 11.5 Å². The number of methoxy groups -OCH3 is 1. The number of nitrogens with zero attached hydrogens (tertiary/aromatic N) is 1. The van der Waals surface area contributed by atoms with Crippen LogP contribution in [0.4, 0.5) is 5.69 Å². The molecule has 0 fully saturated rings. The van der Waals surface area contributed by atoms with Crippen LogP contribution in [0.5, 0.6) is 11.5 Å². The molecule has 3 rings (SSSR count). The molecular weight excluding hydrogens is 512 g/mol. The van der Waals surface area contributed by atoms with E-state index < -0.39 is 11.9 Å². The van der Waals surface area contributed by atoms with E-state index in [1.165, 1.54) is 13.2 Å². The molecule has 0 saturated heterocycles. The van der Waals surface area contributed by atoms with Gasteiger partial charge in [-0.2, -0.15) is 5.26 Å². The van der Waals surface area contributed by atoms with Gasteiger partial charge in [-0.15, -0.1) is 0 Å². The summed E-state index contributed by atoms with van der Waals surface area (Å²) < 4.78 is 16.9. The zero-order valence-corrected chi connectivity index (χ0v) is 20.8. The van der Waals surface area contributed by atoms with Gasteiger partial charge in [-0.3, -0.25) is 4.79 Å². The maximum atomic E-state index is 12.7. The molecule has 0 aliphatic heterocycles. The van der Waals surface area contributed by atoms with Gasteiger partial charge in [0.1, 0.15) is 18.2 Å². The minimum Gasteiger partial charge on any atom is -0.493 e. The number of esters is 1. The maximum Gasteiger partial charge on any atom is 0.338 e. The molecule has 1 N–H and O–H groups in total. The first-order valence-corrected chi connectivity index (χ1v) is 11.5. The fraction of sp³-hybridized carbons (Fsp3) is 0.148. The number of carbonyl (C=O) groups excluding carboxylic acids is 2. The Kier molecular flexibility index (Phi) is 9.04. The number of nitrogens with one attached hydrogen (secondary N) is 1. The highest BCUT2D eigenvalue weighted by molar-refractivity contribution is 9.10. The molecule has 8 heteroatoms. The van der Waals surface area contributed by atoms with E-state index in [9.17, 15) is 14.9 Å². The van der Waals surface area contributed by atoms with E-state index in [2.05, 4.69) is 21.2 Å². The normalized spacial score (nSPS) is 10.7. The lowest BCUT2D eigenvalue weighted by atomic mass is 10.1. The van der Waals surface area contributed by atoms with Crippen LogP contribution in [0.15, 0.2) is 76.8 Å². The summed E-state index contributed by atoms with van der Waals surface area (Å²) in [7, 11) is 1.52. The number of carbonyl (C=O) groups is 2. The summed E-state index contributed by atoms with van der Waals surface area (Å²) in [5.41, 5.74) is 2.27. The Morgan fingerprint density at radius 2 is 1.77 bits per heavy atom.